The highest BCUT2D eigenvalue weighted by Crippen LogP contribution is 2.10. The van der Waals surface area contributed by atoms with Gasteiger partial charge < -0.3 is 10.2 Å². The largest absolute Gasteiger partial charge is 0.347 e. The average molecular weight is 214 g/mol. The molecule has 3 heteroatoms. The molecular formula is C12H26N2O. The Labute approximate surface area is 94.2 Å². The molecule has 0 fully saturated rings. The van der Waals surface area contributed by atoms with E-state index in [9.17, 15) is 4.79 Å². The van der Waals surface area contributed by atoms with E-state index in [-0.39, 0.29) is 5.91 Å². The number of hydrogen-bond acceptors (Lipinski definition) is 2. The summed E-state index contributed by atoms with van der Waals surface area (Å²) in [5, 5.41) is 3.38. The molecule has 15 heavy (non-hydrogen) atoms. The first-order valence-electron chi connectivity index (χ1n) is 5.80. The van der Waals surface area contributed by atoms with Crippen LogP contribution in [-0.2, 0) is 4.79 Å². The Hall–Kier alpha value is -0.570. The van der Waals surface area contributed by atoms with Crippen LogP contribution in [0.5, 0.6) is 0 Å². The zero-order valence-corrected chi connectivity index (χ0v) is 11.1. The highest BCUT2D eigenvalue weighted by Gasteiger charge is 2.29. The van der Waals surface area contributed by atoms with Crippen LogP contribution >= 0.6 is 0 Å². The number of unbranched alkanes of at least 4 members (excludes halogenated alkanes) is 1. The third kappa shape index (κ3) is 5.17. The lowest BCUT2D eigenvalue weighted by atomic mass is 10.0. The zero-order valence-electron chi connectivity index (χ0n) is 11.1. The van der Waals surface area contributed by atoms with E-state index in [1.54, 1.807) is 19.0 Å². The van der Waals surface area contributed by atoms with Crippen molar-refractivity contribution in [3.8, 4) is 0 Å². The molecule has 0 aliphatic heterocycles. The summed E-state index contributed by atoms with van der Waals surface area (Å²) in [4.78, 5) is 13.5. The van der Waals surface area contributed by atoms with Crippen molar-refractivity contribution in [2.45, 2.75) is 58.5 Å². The fourth-order valence-electron chi connectivity index (χ4n) is 1.82. The minimum absolute atomic E-state index is 0.130. The van der Waals surface area contributed by atoms with Gasteiger partial charge >= 0.3 is 0 Å². The van der Waals surface area contributed by atoms with Gasteiger partial charge in [-0.15, -0.1) is 0 Å². The standard InChI is InChI=1S/C12H26N2O/c1-7-8-9-10(2)13-12(3,4)11(15)14(5)6/h10,13H,7-9H2,1-6H3. The highest BCUT2D eigenvalue weighted by molar-refractivity contribution is 5.85. The molecule has 3 nitrogen and oxygen atoms in total. The molecule has 0 radical (unpaired) electrons. The second kappa shape index (κ2) is 6.11. The summed E-state index contributed by atoms with van der Waals surface area (Å²) in [5.74, 6) is 0.130. The van der Waals surface area contributed by atoms with Gasteiger partial charge in [0.25, 0.3) is 0 Å². The normalized spacial score (nSPS) is 13.7. The molecule has 0 heterocycles. The number of rotatable bonds is 6. The maximum absolute atomic E-state index is 11.8. The Bertz CT molecular complexity index is 200. The average Bonchev–Trinajstić information content (AvgIpc) is 2.12. The summed E-state index contributed by atoms with van der Waals surface area (Å²) in [6.07, 6.45) is 3.54. The van der Waals surface area contributed by atoms with Gasteiger partial charge in [0.1, 0.15) is 0 Å². The first-order valence-corrected chi connectivity index (χ1v) is 5.80. The van der Waals surface area contributed by atoms with Crippen molar-refractivity contribution in [3.05, 3.63) is 0 Å². The van der Waals surface area contributed by atoms with Gasteiger partial charge in [0.15, 0.2) is 0 Å². The third-order valence-electron chi connectivity index (χ3n) is 2.54. The number of likely N-dealkylation sites (N-methyl/N-ethyl adjacent to an activating group) is 1. The smallest absolute Gasteiger partial charge is 0.241 e. The van der Waals surface area contributed by atoms with Crippen molar-refractivity contribution in [2.75, 3.05) is 14.1 Å². The molecule has 1 atom stereocenters. The van der Waals surface area contributed by atoms with Crippen molar-refractivity contribution < 1.29 is 4.79 Å². The van der Waals surface area contributed by atoms with Gasteiger partial charge in [0, 0.05) is 20.1 Å². The van der Waals surface area contributed by atoms with Gasteiger partial charge in [-0.3, -0.25) is 4.79 Å². The van der Waals surface area contributed by atoms with E-state index in [2.05, 4.69) is 19.2 Å². The van der Waals surface area contributed by atoms with Crippen molar-refractivity contribution in [2.24, 2.45) is 0 Å². The van der Waals surface area contributed by atoms with E-state index in [0.29, 0.717) is 6.04 Å². The van der Waals surface area contributed by atoms with Gasteiger partial charge in [0.05, 0.1) is 5.54 Å². The molecule has 0 aromatic heterocycles. The molecule has 0 aromatic rings. The van der Waals surface area contributed by atoms with E-state index >= 15 is 0 Å². The van der Waals surface area contributed by atoms with Crippen LogP contribution in [0.1, 0.15) is 47.0 Å². The molecule has 1 amide bonds. The molecule has 0 aliphatic carbocycles. The van der Waals surface area contributed by atoms with E-state index in [0.717, 1.165) is 6.42 Å². The lowest BCUT2D eigenvalue weighted by Gasteiger charge is -2.31. The quantitative estimate of drug-likeness (QED) is 0.733. The molecule has 0 bridgehead atoms. The molecule has 0 spiro atoms. The maximum Gasteiger partial charge on any atom is 0.241 e. The first-order chi connectivity index (χ1) is 6.81. The summed E-state index contributed by atoms with van der Waals surface area (Å²) < 4.78 is 0. The predicted molar refractivity (Wildman–Crippen MR) is 64.9 cm³/mol. The highest BCUT2D eigenvalue weighted by atomic mass is 16.2. The number of hydrogen-bond donors (Lipinski definition) is 1. The van der Waals surface area contributed by atoms with Crippen LogP contribution in [0, 0.1) is 0 Å². The van der Waals surface area contributed by atoms with E-state index in [1.165, 1.54) is 12.8 Å². The summed E-state index contributed by atoms with van der Waals surface area (Å²) in [6, 6.07) is 0.392. The number of nitrogens with one attached hydrogen (secondary N) is 1. The van der Waals surface area contributed by atoms with Crippen LogP contribution in [0.3, 0.4) is 0 Å². The topological polar surface area (TPSA) is 32.3 Å². The zero-order chi connectivity index (χ0) is 12.1. The summed E-state index contributed by atoms with van der Waals surface area (Å²) in [5.41, 5.74) is -0.462. The van der Waals surface area contributed by atoms with Gasteiger partial charge in [-0.2, -0.15) is 0 Å². The van der Waals surface area contributed by atoms with Crippen molar-refractivity contribution in [3.63, 3.8) is 0 Å². The molecule has 0 aromatic carbocycles. The number of amides is 1. The molecular weight excluding hydrogens is 188 g/mol. The molecule has 1 N–H and O–H groups in total. The first kappa shape index (κ1) is 14.4. The van der Waals surface area contributed by atoms with Crippen LogP contribution in [0.4, 0.5) is 0 Å². The number of carbonyl (C=O) groups is 1. The van der Waals surface area contributed by atoms with Crippen LogP contribution in [-0.4, -0.2) is 36.5 Å². The van der Waals surface area contributed by atoms with Crippen LogP contribution in [0.15, 0.2) is 0 Å². The van der Waals surface area contributed by atoms with Crippen molar-refractivity contribution in [1.82, 2.24) is 10.2 Å². The predicted octanol–water partition coefficient (Wildman–Crippen LogP) is 2.02. The minimum Gasteiger partial charge on any atom is -0.347 e. The Morgan fingerprint density at radius 1 is 1.40 bits per heavy atom. The van der Waals surface area contributed by atoms with Gasteiger partial charge in [-0.05, 0) is 27.2 Å². The SMILES string of the molecule is CCCCC(C)NC(C)(C)C(=O)N(C)C. The molecule has 0 aliphatic rings. The van der Waals surface area contributed by atoms with Crippen molar-refractivity contribution >= 4 is 5.91 Å². The third-order valence-corrected chi connectivity index (χ3v) is 2.54. The lowest BCUT2D eigenvalue weighted by Crippen LogP contribution is -2.54. The Morgan fingerprint density at radius 3 is 2.33 bits per heavy atom. The fraction of sp³-hybridized carbons (Fsp3) is 0.917. The molecule has 90 valence electrons. The summed E-state index contributed by atoms with van der Waals surface area (Å²) in [6.45, 7) is 8.21. The van der Waals surface area contributed by atoms with Crippen LogP contribution in [0.25, 0.3) is 0 Å². The fourth-order valence-corrected chi connectivity index (χ4v) is 1.82. The number of carbonyl (C=O) groups excluding carboxylic acids is 1. The minimum atomic E-state index is -0.462. The molecule has 0 rings (SSSR count). The second-order valence-corrected chi connectivity index (χ2v) is 5.01. The van der Waals surface area contributed by atoms with Gasteiger partial charge in [-0.1, -0.05) is 19.8 Å². The second-order valence-electron chi connectivity index (χ2n) is 5.01. The van der Waals surface area contributed by atoms with Gasteiger partial charge in [0.2, 0.25) is 5.91 Å². The summed E-state index contributed by atoms with van der Waals surface area (Å²) >= 11 is 0. The monoisotopic (exact) mass is 214 g/mol. The van der Waals surface area contributed by atoms with Crippen LogP contribution in [0.2, 0.25) is 0 Å². The van der Waals surface area contributed by atoms with Crippen molar-refractivity contribution in [1.29, 1.82) is 0 Å². The summed E-state index contributed by atoms with van der Waals surface area (Å²) in [7, 11) is 3.59. The molecule has 1 unspecified atom stereocenters. The Balaban J connectivity index is 4.18. The van der Waals surface area contributed by atoms with E-state index in [4.69, 9.17) is 0 Å². The van der Waals surface area contributed by atoms with Gasteiger partial charge in [-0.25, -0.2) is 0 Å². The Morgan fingerprint density at radius 2 is 1.93 bits per heavy atom. The molecule has 0 saturated heterocycles. The lowest BCUT2D eigenvalue weighted by molar-refractivity contribution is -0.134. The Kier molecular flexibility index (Phi) is 5.88. The molecule has 0 saturated carbocycles. The van der Waals surface area contributed by atoms with Crippen LogP contribution < -0.4 is 5.32 Å². The van der Waals surface area contributed by atoms with E-state index in [1.807, 2.05) is 13.8 Å². The van der Waals surface area contributed by atoms with E-state index < -0.39 is 5.54 Å². The number of nitrogens with zero attached hydrogens (tertiary/aromatic N) is 1. The maximum atomic E-state index is 11.8.